The molecule has 1 aromatic heterocycles. The lowest BCUT2D eigenvalue weighted by molar-refractivity contribution is -0.163. The summed E-state index contributed by atoms with van der Waals surface area (Å²) in [5.74, 6) is -0.0301. The zero-order valence-electron chi connectivity index (χ0n) is 20.3. The minimum absolute atomic E-state index is 0.00164. The number of carbonyl (C=O) groups excluding carboxylic acids is 2. The van der Waals surface area contributed by atoms with E-state index in [0.717, 1.165) is 70.3 Å². The highest BCUT2D eigenvalue weighted by molar-refractivity contribution is 6.00. The van der Waals surface area contributed by atoms with Crippen molar-refractivity contribution >= 4 is 11.8 Å². The Morgan fingerprint density at radius 2 is 1.85 bits per heavy atom. The van der Waals surface area contributed by atoms with Gasteiger partial charge in [-0.15, -0.1) is 0 Å². The maximum atomic E-state index is 13.6. The fraction of sp³-hybridized carbons (Fsp3) is 0.731. The molecule has 2 saturated heterocycles. The molecule has 4 rings (SSSR count). The van der Waals surface area contributed by atoms with Crippen molar-refractivity contribution in [2.45, 2.75) is 102 Å². The smallest absolute Gasteiger partial charge is 0.246 e. The Hall–Kier alpha value is -1.99. The van der Waals surface area contributed by atoms with Crippen molar-refractivity contribution in [3.05, 3.63) is 29.6 Å². The number of nitrogens with zero attached hydrogens (tertiary/aromatic N) is 3. The molecule has 2 N–H and O–H groups in total. The van der Waals surface area contributed by atoms with Crippen LogP contribution in [0.5, 0.6) is 0 Å². The van der Waals surface area contributed by atoms with Crippen LogP contribution >= 0.6 is 0 Å². The van der Waals surface area contributed by atoms with E-state index in [-0.39, 0.29) is 11.8 Å². The molecule has 3 aliphatic rings. The summed E-state index contributed by atoms with van der Waals surface area (Å²) in [6.45, 7) is 7.06. The number of aryl methyl sites for hydroxylation is 1. The summed E-state index contributed by atoms with van der Waals surface area (Å²) < 4.78 is 0. The molecule has 7 nitrogen and oxygen atoms in total. The van der Waals surface area contributed by atoms with Crippen molar-refractivity contribution in [1.29, 1.82) is 0 Å². The normalized spacial score (nSPS) is 25.3. The first-order valence-electron chi connectivity index (χ1n) is 12.8. The van der Waals surface area contributed by atoms with E-state index in [1.54, 1.807) is 0 Å². The number of rotatable bonds is 7. The molecule has 1 aromatic rings. The molecule has 3 fully saturated rings. The first-order valence-corrected chi connectivity index (χ1v) is 12.8. The summed E-state index contributed by atoms with van der Waals surface area (Å²) in [5.41, 5.74) is 0.579. The maximum absolute atomic E-state index is 13.6. The van der Waals surface area contributed by atoms with Crippen LogP contribution in [0.3, 0.4) is 0 Å². The third-order valence-corrected chi connectivity index (χ3v) is 7.97. The SMILES string of the molecule is CCCCN1C(=O)[C@@H](CC2(O)CCCCC2)NC(=O)C12CCN(Cc1ccc(C)nc1)CC2. The third kappa shape index (κ3) is 5.24. The molecule has 7 heteroatoms. The zero-order chi connectivity index (χ0) is 23.5. The van der Waals surface area contributed by atoms with Crippen LogP contribution in [-0.2, 0) is 16.1 Å². The summed E-state index contributed by atoms with van der Waals surface area (Å²) in [6, 6.07) is 3.53. The molecule has 182 valence electrons. The number of carbonyl (C=O) groups is 2. The molecule has 0 unspecified atom stereocenters. The van der Waals surface area contributed by atoms with Gasteiger partial charge in [-0.05, 0) is 50.7 Å². The molecular formula is C26H40N4O3. The summed E-state index contributed by atoms with van der Waals surface area (Å²) in [4.78, 5) is 35.8. The van der Waals surface area contributed by atoms with Crippen molar-refractivity contribution in [3.63, 3.8) is 0 Å². The fourth-order valence-corrected chi connectivity index (χ4v) is 5.88. The Bertz CT molecular complexity index is 826. The summed E-state index contributed by atoms with van der Waals surface area (Å²) in [6.07, 6.45) is 9.95. The number of aromatic nitrogens is 1. The summed E-state index contributed by atoms with van der Waals surface area (Å²) >= 11 is 0. The largest absolute Gasteiger partial charge is 0.390 e. The van der Waals surface area contributed by atoms with Gasteiger partial charge in [-0.25, -0.2) is 0 Å². The molecule has 2 aliphatic heterocycles. The van der Waals surface area contributed by atoms with Crippen molar-refractivity contribution < 1.29 is 14.7 Å². The first-order chi connectivity index (χ1) is 15.8. The summed E-state index contributed by atoms with van der Waals surface area (Å²) in [5, 5.41) is 14.1. The standard InChI is InChI=1S/C26H40N4O3/c1-3-4-14-30-23(31)22(17-25(33)10-6-5-7-11-25)28-24(32)26(30)12-15-29(16-13-26)19-21-9-8-20(2)27-18-21/h8-9,18,22,33H,3-7,10-17,19H2,1-2H3,(H,28,32)/t22-/m1/s1. The van der Waals surface area contributed by atoms with Crippen LogP contribution in [0.25, 0.3) is 0 Å². The molecule has 33 heavy (non-hydrogen) atoms. The van der Waals surface area contributed by atoms with Gasteiger partial charge in [0.2, 0.25) is 11.8 Å². The van der Waals surface area contributed by atoms with E-state index < -0.39 is 17.2 Å². The van der Waals surface area contributed by atoms with E-state index in [9.17, 15) is 14.7 Å². The van der Waals surface area contributed by atoms with E-state index in [1.807, 2.05) is 24.1 Å². The Balaban J connectivity index is 1.46. The quantitative estimate of drug-likeness (QED) is 0.659. The monoisotopic (exact) mass is 456 g/mol. The molecule has 0 aromatic carbocycles. The van der Waals surface area contributed by atoms with Gasteiger partial charge >= 0.3 is 0 Å². The average Bonchev–Trinajstić information content (AvgIpc) is 2.81. The number of amides is 2. The molecule has 0 bridgehead atoms. The van der Waals surface area contributed by atoms with Gasteiger partial charge in [-0.1, -0.05) is 38.7 Å². The van der Waals surface area contributed by atoms with E-state index in [1.165, 1.54) is 5.56 Å². The molecule has 0 radical (unpaired) electrons. The molecule has 1 aliphatic carbocycles. The number of unbranched alkanes of at least 4 members (excludes halogenated alkanes) is 1. The molecule has 1 saturated carbocycles. The third-order valence-electron chi connectivity index (χ3n) is 7.97. The number of likely N-dealkylation sites (tertiary alicyclic amines) is 1. The number of piperazine rings is 1. The van der Waals surface area contributed by atoms with Gasteiger partial charge in [0, 0.05) is 44.5 Å². The highest BCUT2D eigenvalue weighted by Crippen LogP contribution is 2.37. The maximum Gasteiger partial charge on any atom is 0.246 e. The van der Waals surface area contributed by atoms with Gasteiger partial charge in [0.15, 0.2) is 0 Å². The highest BCUT2D eigenvalue weighted by atomic mass is 16.3. The molecule has 2 amide bonds. The minimum atomic E-state index is -0.835. The summed E-state index contributed by atoms with van der Waals surface area (Å²) in [7, 11) is 0. The highest BCUT2D eigenvalue weighted by Gasteiger charge is 2.54. The van der Waals surface area contributed by atoms with Crippen LogP contribution < -0.4 is 5.32 Å². The molecule has 1 spiro atoms. The van der Waals surface area contributed by atoms with Gasteiger partial charge < -0.3 is 15.3 Å². The first kappa shape index (κ1) is 24.1. The number of hydrogen-bond donors (Lipinski definition) is 2. The lowest BCUT2D eigenvalue weighted by Crippen LogP contribution is -2.73. The Morgan fingerprint density at radius 3 is 2.48 bits per heavy atom. The van der Waals surface area contributed by atoms with Crippen LogP contribution in [0.15, 0.2) is 18.3 Å². The van der Waals surface area contributed by atoms with Crippen LogP contribution in [0, 0.1) is 6.92 Å². The van der Waals surface area contributed by atoms with Crippen molar-refractivity contribution in [2.24, 2.45) is 0 Å². The Morgan fingerprint density at radius 1 is 1.12 bits per heavy atom. The second kappa shape index (κ2) is 10.1. The fourth-order valence-electron chi connectivity index (χ4n) is 5.88. The van der Waals surface area contributed by atoms with Crippen LogP contribution in [-0.4, -0.2) is 68.5 Å². The minimum Gasteiger partial charge on any atom is -0.390 e. The Labute approximate surface area is 197 Å². The van der Waals surface area contributed by atoms with Crippen molar-refractivity contribution in [1.82, 2.24) is 20.1 Å². The van der Waals surface area contributed by atoms with Crippen molar-refractivity contribution in [3.8, 4) is 0 Å². The average molecular weight is 457 g/mol. The number of piperidine rings is 1. The van der Waals surface area contributed by atoms with Crippen LogP contribution in [0.4, 0.5) is 0 Å². The second-order valence-electron chi connectivity index (χ2n) is 10.5. The van der Waals surface area contributed by atoms with Crippen LogP contribution in [0.2, 0.25) is 0 Å². The molecular weight excluding hydrogens is 416 g/mol. The topological polar surface area (TPSA) is 85.8 Å². The van der Waals surface area contributed by atoms with Crippen molar-refractivity contribution in [2.75, 3.05) is 19.6 Å². The predicted octanol–water partition coefficient (Wildman–Crippen LogP) is 2.94. The van der Waals surface area contributed by atoms with Crippen LogP contribution in [0.1, 0.15) is 82.4 Å². The van der Waals surface area contributed by atoms with E-state index in [2.05, 4.69) is 28.2 Å². The van der Waals surface area contributed by atoms with E-state index in [0.29, 0.717) is 25.8 Å². The second-order valence-corrected chi connectivity index (χ2v) is 10.5. The number of nitrogens with one attached hydrogen (secondary N) is 1. The predicted molar refractivity (Wildman–Crippen MR) is 127 cm³/mol. The van der Waals surface area contributed by atoms with Gasteiger partial charge in [-0.3, -0.25) is 19.5 Å². The Kier molecular flexibility index (Phi) is 7.39. The van der Waals surface area contributed by atoms with Gasteiger partial charge in [0.05, 0.1) is 5.60 Å². The zero-order valence-corrected chi connectivity index (χ0v) is 20.3. The number of hydrogen-bond acceptors (Lipinski definition) is 5. The molecule has 1 atom stereocenters. The lowest BCUT2D eigenvalue weighted by atomic mass is 9.77. The number of pyridine rings is 1. The number of aliphatic hydroxyl groups is 1. The van der Waals surface area contributed by atoms with E-state index in [4.69, 9.17) is 0 Å². The lowest BCUT2D eigenvalue weighted by Gasteiger charge is -2.52. The molecule has 3 heterocycles. The van der Waals surface area contributed by atoms with Gasteiger partial charge in [0.1, 0.15) is 11.6 Å². The van der Waals surface area contributed by atoms with Gasteiger partial charge in [-0.2, -0.15) is 0 Å². The van der Waals surface area contributed by atoms with Gasteiger partial charge in [0.25, 0.3) is 0 Å². The van der Waals surface area contributed by atoms with E-state index >= 15 is 0 Å².